The first-order valence-electron chi connectivity index (χ1n) is 6.57. The van der Waals surface area contributed by atoms with Gasteiger partial charge < -0.3 is 20.9 Å². The Morgan fingerprint density at radius 1 is 1.42 bits per heavy atom. The fraction of sp³-hybridized carbons (Fsp3) is 0.500. The van der Waals surface area contributed by atoms with Crippen molar-refractivity contribution in [2.45, 2.75) is 31.3 Å². The summed E-state index contributed by atoms with van der Waals surface area (Å²) in [7, 11) is 0. The lowest BCUT2D eigenvalue weighted by Gasteiger charge is -2.16. The van der Waals surface area contributed by atoms with Crippen molar-refractivity contribution in [1.82, 2.24) is 5.32 Å². The maximum atomic E-state index is 11.3. The van der Waals surface area contributed by atoms with Gasteiger partial charge in [-0.05, 0) is 37.0 Å². The third-order valence-corrected chi connectivity index (χ3v) is 3.10. The summed E-state index contributed by atoms with van der Waals surface area (Å²) in [6.07, 6.45) is 2.83. The van der Waals surface area contributed by atoms with Gasteiger partial charge in [-0.25, -0.2) is 0 Å². The summed E-state index contributed by atoms with van der Waals surface area (Å²) in [6, 6.07) is 7.44. The molecule has 0 spiro atoms. The van der Waals surface area contributed by atoms with Crippen LogP contribution in [0.1, 0.15) is 18.4 Å². The van der Waals surface area contributed by atoms with Gasteiger partial charge in [-0.1, -0.05) is 12.1 Å². The first-order chi connectivity index (χ1) is 9.19. The largest absolute Gasteiger partial charge is 0.491 e. The number of primary amides is 1. The van der Waals surface area contributed by atoms with Gasteiger partial charge in [0.1, 0.15) is 18.4 Å². The van der Waals surface area contributed by atoms with Crippen molar-refractivity contribution in [3.8, 4) is 5.75 Å². The van der Waals surface area contributed by atoms with Gasteiger partial charge in [-0.15, -0.1) is 0 Å². The number of aliphatic hydroxyl groups excluding tert-OH is 1. The smallest absolute Gasteiger partial charge is 0.238 e. The van der Waals surface area contributed by atoms with Gasteiger partial charge >= 0.3 is 0 Å². The Balaban J connectivity index is 1.83. The zero-order valence-electron chi connectivity index (χ0n) is 10.8. The summed E-state index contributed by atoms with van der Waals surface area (Å²) >= 11 is 0. The van der Waals surface area contributed by atoms with E-state index in [-0.39, 0.29) is 19.1 Å². The summed E-state index contributed by atoms with van der Waals surface area (Å²) in [5, 5.41) is 12.0. The minimum Gasteiger partial charge on any atom is -0.491 e. The second kappa shape index (κ2) is 6.54. The van der Waals surface area contributed by atoms with Crippen molar-refractivity contribution in [2.24, 2.45) is 5.73 Å². The van der Waals surface area contributed by atoms with E-state index in [0.717, 1.165) is 18.4 Å². The standard InChI is InChI=1S/C14H20N2O3/c15-14(18)13(16-11-3-4-11)9-19-12-5-1-10(2-6-12)7-8-17/h1-2,5-6,11,13,16-17H,3-4,7-9H2,(H2,15,18). The molecule has 1 amide bonds. The number of carbonyl (C=O) groups is 1. The minimum atomic E-state index is -0.440. The van der Waals surface area contributed by atoms with E-state index in [1.807, 2.05) is 24.3 Å². The van der Waals surface area contributed by atoms with Crippen LogP contribution in [0.2, 0.25) is 0 Å². The zero-order valence-corrected chi connectivity index (χ0v) is 10.8. The van der Waals surface area contributed by atoms with Gasteiger partial charge in [0.25, 0.3) is 0 Å². The van der Waals surface area contributed by atoms with E-state index in [4.69, 9.17) is 15.6 Å². The zero-order chi connectivity index (χ0) is 13.7. The van der Waals surface area contributed by atoms with Crippen LogP contribution in [0.25, 0.3) is 0 Å². The van der Waals surface area contributed by atoms with Crippen molar-refractivity contribution in [3.05, 3.63) is 29.8 Å². The highest BCUT2D eigenvalue weighted by molar-refractivity contribution is 5.80. The molecule has 5 nitrogen and oxygen atoms in total. The van der Waals surface area contributed by atoms with Crippen molar-refractivity contribution < 1.29 is 14.6 Å². The average Bonchev–Trinajstić information content (AvgIpc) is 3.20. The molecule has 104 valence electrons. The maximum absolute atomic E-state index is 11.3. The van der Waals surface area contributed by atoms with E-state index in [2.05, 4.69) is 5.32 Å². The molecule has 0 bridgehead atoms. The quantitative estimate of drug-likeness (QED) is 0.626. The fourth-order valence-corrected chi connectivity index (χ4v) is 1.81. The molecular weight excluding hydrogens is 244 g/mol. The molecule has 1 saturated carbocycles. The monoisotopic (exact) mass is 264 g/mol. The first-order valence-corrected chi connectivity index (χ1v) is 6.57. The topological polar surface area (TPSA) is 84.6 Å². The second-order valence-electron chi connectivity index (χ2n) is 4.82. The predicted molar refractivity (Wildman–Crippen MR) is 71.9 cm³/mol. The van der Waals surface area contributed by atoms with E-state index in [1.165, 1.54) is 0 Å². The normalized spacial score (nSPS) is 16.1. The van der Waals surface area contributed by atoms with Crippen LogP contribution in [0.3, 0.4) is 0 Å². The van der Waals surface area contributed by atoms with Gasteiger partial charge in [0.15, 0.2) is 0 Å². The van der Waals surface area contributed by atoms with Crippen LogP contribution in [0.15, 0.2) is 24.3 Å². The predicted octanol–water partition coefficient (Wildman–Crippen LogP) is 0.206. The van der Waals surface area contributed by atoms with E-state index >= 15 is 0 Å². The van der Waals surface area contributed by atoms with Crippen molar-refractivity contribution >= 4 is 5.91 Å². The maximum Gasteiger partial charge on any atom is 0.238 e. The number of hydrogen-bond donors (Lipinski definition) is 3. The summed E-state index contributed by atoms with van der Waals surface area (Å²) in [5.74, 6) is 0.314. The lowest BCUT2D eigenvalue weighted by atomic mass is 10.1. The molecule has 1 aromatic rings. The summed E-state index contributed by atoms with van der Waals surface area (Å²) in [6.45, 7) is 0.375. The Bertz CT molecular complexity index is 415. The Hall–Kier alpha value is -1.59. The minimum absolute atomic E-state index is 0.134. The van der Waals surface area contributed by atoms with Crippen LogP contribution in [0.4, 0.5) is 0 Å². The first kappa shape index (κ1) is 13.8. The van der Waals surface area contributed by atoms with Crippen LogP contribution < -0.4 is 15.8 Å². The second-order valence-corrected chi connectivity index (χ2v) is 4.82. The molecule has 1 aliphatic rings. The summed E-state index contributed by atoms with van der Waals surface area (Å²) in [5.41, 5.74) is 6.38. The third-order valence-electron chi connectivity index (χ3n) is 3.10. The SMILES string of the molecule is NC(=O)C(COc1ccc(CCO)cc1)NC1CC1. The Labute approximate surface area is 112 Å². The number of carbonyl (C=O) groups excluding carboxylic acids is 1. The highest BCUT2D eigenvalue weighted by Gasteiger charge is 2.27. The number of rotatable bonds is 8. The highest BCUT2D eigenvalue weighted by atomic mass is 16.5. The van der Waals surface area contributed by atoms with Crippen LogP contribution >= 0.6 is 0 Å². The summed E-state index contributed by atoms with van der Waals surface area (Å²) in [4.78, 5) is 11.3. The molecule has 4 N–H and O–H groups in total. The molecule has 1 fully saturated rings. The van der Waals surface area contributed by atoms with E-state index in [1.54, 1.807) is 0 Å². The number of aliphatic hydroxyl groups is 1. The molecule has 0 aromatic heterocycles. The number of benzene rings is 1. The summed E-state index contributed by atoms with van der Waals surface area (Å²) < 4.78 is 5.57. The number of ether oxygens (including phenoxy) is 1. The Morgan fingerprint density at radius 2 is 2.11 bits per heavy atom. The molecule has 5 heteroatoms. The number of nitrogens with one attached hydrogen (secondary N) is 1. The number of hydrogen-bond acceptors (Lipinski definition) is 4. The molecule has 19 heavy (non-hydrogen) atoms. The Kier molecular flexibility index (Phi) is 4.76. The van der Waals surface area contributed by atoms with E-state index < -0.39 is 6.04 Å². The van der Waals surface area contributed by atoms with Crippen LogP contribution in [-0.2, 0) is 11.2 Å². The van der Waals surface area contributed by atoms with Gasteiger partial charge in [-0.3, -0.25) is 4.79 Å². The molecular formula is C14H20N2O3. The molecule has 2 rings (SSSR count). The molecule has 0 aliphatic heterocycles. The lowest BCUT2D eigenvalue weighted by Crippen LogP contribution is -2.46. The van der Waals surface area contributed by atoms with E-state index in [9.17, 15) is 4.79 Å². The molecule has 0 radical (unpaired) electrons. The van der Waals surface area contributed by atoms with E-state index in [0.29, 0.717) is 18.2 Å². The van der Waals surface area contributed by atoms with Crippen LogP contribution in [0.5, 0.6) is 5.75 Å². The molecule has 0 heterocycles. The van der Waals surface area contributed by atoms with Crippen molar-refractivity contribution in [3.63, 3.8) is 0 Å². The fourth-order valence-electron chi connectivity index (χ4n) is 1.81. The lowest BCUT2D eigenvalue weighted by molar-refractivity contribution is -0.120. The number of amides is 1. The van der Waals surface area contributed by atoms with Crippen molar-refractivity contribution in [2.75, 3.05) is 13.2 Å². The third kappa shape index (κ3) is 4.54. The van der Waals surface area contributed by atoms with Gasteiger partial charge in [-0.2, -0.15) is 0 Å². The van der Waals surface area contributed by atoms with Gasteiger partial charge in [0.05, 0.1) is 0 Å². The molecule has 1 atom stereocenters. The van der Waals surface area contributed by atoms with Crippen LogP contribution in [0, 0.1) is 0 Å². The molecule has 1 aliphatic carbocycles. The van der Waals surface area contributed by atoms with Crippen molar-refractivity contribution in [1.29, 1.82) is 0 Å². The average molecular weight is 264 g/mol. The number of nitrogens with two attached hydrogens (primary N) is 1. The van der Waals surface area contributed by atoms with Gasteiger partial charge in [0.2, 0.25) is 5.91 Å². The van der Waals surface area contributed by atoms with Gasteiger partial charge in [0, 0.05) is 12.6 Å². The molecule has 1 unspecified atom stereocenters. The molecule has 0 saturated heterocycles. The molecule has 1 aromatic carbocycles. The highest BCUT2D eigenvalue weighted by Crippen LogP contribution is 2.19. The van der Waals surface area contributed by atoms with Crippen LogP contribution in [-0.4, -0.2) is 36.3 Å². The Morgan fingerprint density at radius 3 is 2.63 bits per heavy atom.